The summed E-state index contributed by atoms with van der Waals surface area (Å²) in [7, 11) is 1.36. The first-order valence-corrected chi connectivity index (χ1v) is 8.43. The Morgan fingerprint density at radius 2 is 2.14 bits per heavy atom. The number of furan rings is 1. The monoisotopic (exact) mass is 331 g/mol. The number of benzene rings is 1. The normalized spacial score (nSPS) is 10.6. The van der Waals surface area contributed by atoms with Gasteiger partial charge in [0.15, 0.2) is 4.34 Å². The third kappa shape index (κ3) is 3.23. The zero-order chi connectivity index (χ0) is 15.4. The summed E-state index contributed by atoms with van der Waals surface area (Å²) in [6.45, 7) is 0. The van der Waals surface area contributed by atoms with Crippen LogP contribution in [0.2, 0.25) is 0 Å². The fourth-order valence-electron chi connectivity index (χ4n) is 1.94. The second-order valence-electron chi connectivity index (χ2n) is 4.40. The van der Waals surface area contributed by atoms with Gasteiger partial charge in [0.05, 0.1) is 24.8 Å². The lowest BCUT2D eigenvalue weighted by molar-refractivity contribution is 0.0598. The zero-order valence-electron chi connectivity index (χ0n) is 11.8. The Bertz CT molecular complexity index is 765. The number of ether oxygens (including phenoxy) is 1. The molecular weight excluding hydrogens is 318 g/mol. The topological polar surface area (TPSA) is 52.3 Å². The van der Waals surface area contributed by atoms with Crippen molar-refractivity contribution in [2.45, 2.75) is 10.1 Å². The highest BCUT2D eigenvalue weighted by atomic mass is 32.2. The van der Waals surface area contributed by atoms with Crippen LogP contribution in [0.15, 0.2) is 56.8 Å². The minimum atomic E-state index is -0.381. The molecule has 0 atom stereocenters. The van der Waals surface area contributed by atoms with Gasteiger partial charge in [0.2, 0.25) is 0 Å². The fourth-order valence-corrected chi connectivity index (χ4v) is 3.72. The maximum absolute atomic E-state index is 11.6. The number of hydrogen-bond acceptors (Lipinski definition) is 6. The molecule has 22 heavy (non-hydrogen) atoms. The van der Waals surface area contributed by atoms with Crippen LogP contribution in [0.5, 0.6) is 0 Å². The van der Waals surface area contributed by atoms with Gasteiger partial charge in [0.1, 0.15) is 11.3 Å². The molecule has 0 aliphatic carbocycles. The summed E-state index contributed by atoms with van der Waals surface area (Å²) in [6, 6.07) is 11.7. The minimum Gasteiger partial charge on any atom is -0.468 e. The van der Waals surface area contributed by atoms with Crippen molar-refractivity contribution in [1.82, 2.24) is 4.98 Å². The Kier molecular flexibility index (Phi) is 4.60. The zero-order valence-corrected chi connectivity index (χ0v) is 13.4. The van der Waals surface area contributed by atoms with Crippen LogP contribution >= 0.6 is 23.1 Å². The van der Waals surface area contributed by atoms with E-state index in [0.29, 0.717) is 17.1 Å². The second-order valence-corrected chi connectivity index (χ2v) is 6.48. The average molecular weight is 331 g/mol. The molecule has 0 spiro atoms. The molecule has 1 aromatic carbocycles. The summed E-state index contributed by atoms with van der Waals surface area (Å²) >= 11 is 3.12. The molecule has 3 aromatic rings. The van der Waals surface area contributed by atoms with Crippen molar-refractivity contribution in [2.24, 2.45) is 0 Å². The summed E-state index contributed by atoms with van der Waals surface area (Å²) in [6.07, 6.45) is 1.50. The maximum atomic E-state index is 11.6. The molecule has 0 fully saturated rings. The number of aromatic nitrogens is 1. The predicted molar refractivity (Wildman–Crippen MR) is 87.2 cm³/mol. The molecule has 3 rings (SSSR count). The van der Waals surface area contributed by atoms with E-state index in [9.17, 15) is 4.79 Å². The van der Waals surface area contributed by atoms with E-state index in [2.05, 4.69) is 4.98 Å². The third-order valence-electron chi connectivity index (χ3n) is 3.03. The highest BCUT2D eigenvalue weighted by Gasteiger charge is 2.16. The highest BCUT2D eigenvalue weighted by molar-refractivity contribution is 8.00. The molecule has 0 aliphatic rings. The van der Waals surface area contributed by atoms with Gasteiger partial charge >= 0.3 is 5.97 Å². The van der Waals surface area contributed by atoms with Gasteiger partial charge in [-0.3, -0.25) is 0 Å². The molecule has 112 valence electrons. The van der Waals surface area contributed by atoms with Gasteiger partial charge in [-0.05, 0) is 6.07 Å². The summed E-state index contributed by atoms with van der Waals surface area (Å²) in [4.78, 5) is 16.2. The summed E-state index contributed by atoms with van der Waals surface area (Å²) in [5, 5.41) is 2.03. The van der Waals surface area contributed by atoms with Crippen LogP contribution in [0, 0.1) is 0 Å². The molecule has 0 amide bonds. The van der Waals surface area contributed by atoms with E-state index < -0.39 is 0 Å². The van der Waals surface area contributed by atoms with Crippen molar-refractivity contribution in [3.8, 4) is 11.3 Å². The molecule has 2 aromatic heterocycles. The Morgan fingerprint density at radius 1 is 1.32 bits per heavy atom. The van der Waals surface area contributed by atoms with Crippen molar-refractivity contribution in [2.75, 3.05) is 7.11 Å². The molecule has 4 nitrogen and oxygen atoms in total. The molecule has 2 heterocycles. The second kappa shape index (κ2) is 6.81. The number of thioether (sulfide) groups is 1. The van der Waals surface area contributed by atoms with Gasteiger partial charge in [0, 0.05) is 10.9 Å². The predicted octanol–water partition coefficient (Wildman–Crippen LogP) is 4.48. The van der Waals surface area contributed by atoms with Gasteiger partial charge in [-0.25, -0.2) is 9.78 Å². The van der Waals surface area contributed by atoms with E-state index >= 15 is 0 Å². The molecule has 0 saturated heterocycles. The summed E-state index contributed by atoms with van der Waals surface area (Å²) < 4.78 is 11.0. The number of nitrogens with zero attached hydrogens (tertiary/aromatic N) is 1. The van der Waals surface area contributed by atoms with Crippen LogP contribution in [0.3, 0.4) is 0 Å². The number of methoxy groups -OCH3 is 1. The minimum absolute atomic E-state index is 0.381. The Morgan fingerprint density at radius 3 is 2.91 bits per heavy atom. The smallest absolute Gasteiger partial charge is 0.341 e. The van der Waals surface area contributed by atoms with Crippen molar-refractivity contribution >= 4 is 29.1 Å². The van der Waals surface area contributed by atoms with E-state index in [1.807, 2.05) is 35.7 Å². The highest BCUT2D eigenvalue weighted by Crippen LogP contribution is 2.31. The van der Waals surface area contributed by atoms with Gasteiger partial charge in [0.25, 0.3) is 0 Å². The number of rotatable bonds is 5. The molecule has 0 unspecified atom stereocenters. The largest absolute Gasteiger partial charge is 0.468 e. The van der Waals surface area contributed by atoms with Crippen LogP contribution in [0.4, 0.5) is 0 Å². The van der Waals surface area contributed by atoms with Crippen LogP contribution in [-0.2, 0) is 10.5 Å². The van der Waals surface area contributed by atoms with Crippen molar-refractivity contribution in [3.05, 3.63) is 59.4 Å². The number of thiazole rings is 1. The van der Waals surface area contributed by atoms with E-state index in [1.54, 1.807) is 29.2 Å². The van der Waals surface area contributed by atoms with E-state index in [0.717, 1.165) is 15.6 Å². The number of carbonyl (C=O) groups excluding carboxylic acids is 1. The standard InChI is InChI=1S/C16H13NO3S2/c1-19-15(18)12-7-8-20-14(12)10-22-16-17-13(9-21-16)11-5-3-2-4-6-11/h2-9H,10H2,1H3. The van der Waals surface area contributed by atoms with Crippen LogP contribution in [0.1, 0.15) is 16.1 Å². The first-order valence-electron chi connectivity index (χ1n) is 6.56. The molecule has 0 saturated carbocycles. The fraction of sp³-hybridized carbons (Fsp3) is 0.125. The van der Waals surface area contributed by atoms with Crippen LogP contribution in [0.25, 0.3) is 11.3 Å². The molecule has 0 aliphatic heterocycles. The Balaban J connectivity index is 1.69. The summed E-state index contributed by atoms with van der Waals surface area (Å²) in [5.41, 5.74) is 2.52. The molecule has 0 N–H and O–H groups in total. The van der Waals surface area contributed by atoms with E-state index in [4.69, 9.17) is 9.15 Å². The lowest BCUT2D eigenvalue weighted by Gasteiger charge is -1.99. The van der Waals surface area contributed by atoms with E-state index in [-0.39, 0.29) is 5.97 Å². The van der Waals surface area contributed by atoms with Crippen LogP contribution in [-0.4, -0.2) is 18.1 Å². The SMILES string of the molecule is COC(=O)c1ccoc1CSc1nc(-c2ccccc2)cs1. The van der Waals surface area contributed by atoms with Gasteiger partial charge in [-0.2, -0.15) is 0 Å². The molecule has 0 bridgehead atoms. The van der Waals surface area contributed by atoms with Crippen molar-refractivity contribution in [1.29, 1.82) is 0 Å². The third-order valence-corrected chi connectivity index (χ3v) is 5.05. The van der Waals surface area contributed by atoms with Crippen molar-refractivity contribution < 1.29 is 13.9 Å². The number of carbonyl (C=O) groups is 1. The first kappa shape index (κ1) is 14.9. The molecule has 0 radical (unpaired) electrons. The van der Waals surface area contributed by atoms with Gasteiger partial charge in [-0.1, -0.05) is 42.1 Å². The lowest BCUT2D eigenvalue weighted by Crippen LogP contribution is -2.02. The molecule has 6 heteroatoms. The average Bonchev–Trinajstić information content (AvgIpc) is 3.22. The number of esters is 1. The van der Waals surface area contributed by atoms with E-state index in [1.165, 1.54) is 13.4 Å². The molecular formula is C16H13NO3S2. The van der Waals surface area contributed by atoms with Gasteiger partial charge in [-0.15, -0.1) is 11.3 Å². The first-order chi connectivity index (χ1) is 10.8. The quantitative estimate of drug-likeness (QED) is 0.509. The Labute approximate surface area is 136 Å². The summed E-state index contributed by atoms with van der Waals surface area (Å²) in [5.74, 6) is 0.765. The van der Waals surface area contributed by atoms with Crippen molar-refractivity contribution in [3.63, 3.8) is 0 Å². The number of hydrogen-bond donors (Lipinski definition) is 0. The lowest BCUT2D eigenvalue weighted by atomic mass is 10.2. The maximum Gasteiger partial charge on any atom is 0.341 e. The van der Waals surface area contributed by atoms with Crippen LogP contribution < -0.4 is 0 Å². The van der Waals surface area contributed by atoms with Gasteiger partial charge < -0.3 is 9.15 Å². The Hall–Kier alpha value is -2.05.